The van der Waals surface area contributed by atoms with Crippen LogP contribution in [-0.2, 0) is 4.74 Å². The number of aromatic nitrogens is 2. The molecule has 112 valence electrons. The van der Waals surface area contributed by atoms with Gasteiger partial charge in [0.1, 0.15) is 0 Å². The van der Waals surface area contributed by atoms with Crippen molar-refractivity contribution in [2.24, 2.45) is 0 Å². The van der Waals surface area contributed by atoms with Gasteiger partial charge >= 0.3 is 6.09 Å². The molecule has 2 aromatic carbocycles. The Morgan fingerprint density at radius 1 is 1.27 bits per heavy atom. The van der Waals surface area contributed by atoms with E-state index in [0.717, 1.165) is 15.6 Å². The molecule has 1 aromatic heterocycles. The topological polar surface area (TPSA) is 82.2 Å². The summed E-state index contributed by atoms with van der Waals surface area (Å²) in [5.74, 6) is 6.77. The van der Waals surface area contributed by atoms with E-state index in [-0.39, 0.29) is 0 Å². The summed E-state index contributed by atoms with van der Waals surface area (Å²) in [7, 11) is 1.31. The Hall–Kier alpha value is -2.54. The van der Waals surface area contributed by atoms with Crippen molar-refractivity contribution in [1.82, 2.24) is 9.66 Å². The molecule has 1 amide bonds. The molecule has 0 atom stereocenters. The highest BCUT2D eigenvalue weighted by Gasteiger charge is 2.12. The molecule has 0 unspecified atom stereocenters. The molecule has 0 aliphatic heterocycles. The molecule has 0 saturated heterocycles. The molecule has 1 heterocycles. The SMILES string of the molecule is COC(=O)Nc1ccc2c(c1)nc(-c1ccc(Br)cc1)n2N. The molecule has 0 fully saturated rings. The predicted molar refractivity (Wildman–Crippen MR) is 89.0 cm³/mol. The van der Waals surface area contributed by atoms with Crippen LogP contribution in [0.4, 0.5) is 10.5 Å². The Balaban J connectivity index is 2.04. The number of fused-ring (bicyclic) bond motifs is 1. The minimum absolute atomic E-state index is 0.528. The molecule has 3 rings (SSSR count). The Bertz CT molecular complexity index is 843. The van der Waals surface area contributed by atoms with Gasteiger partial charge in [-0.15, -0.1) is 0 Å². The number of carbonyl (C=O) groups excluding carboxylic acids is 1. The van der Waals surface area contributed by atoms with E-state index in [1.807, 2.05) is 24.3 Å². The van der Waals surface area contributed by atoms with Gasteiger partial charge in [-0.25, -0.2) is 14.5 Å². The lowest BCUT2D eigenvalue weighted by Crippen LogP contribution is -2.11. The molecule has 0 saturated carbocycles. The number of halogens is 1. The number of imidazole rings is 1. The number of benzene rings is 2. The van der Waals surface area contributed by atoms with Crippen LogP contribution in [0, 0.1) is 0 Å². The number of methoxy groups -OCH3 is 1. The molecule has 0 radical (unpaired) electrons. The first-order valence-corrected chi connectivity index (χ1v) is 7.26. The van der Waals surface area contributed by atoms with Crippen LogP contribution in [0.15, 0.2) is 46.9 Å². The van der Waals surface area contributed by atoms with E-state index >= 15 is 0 Å². The van der Waals surface area contributed by atoms with Gasteiger partial charge in [-0.3, -0.25) is 5.32 Å². The highest BCUT2D eigenvalue weighted by molar-refractivity contribution is 9.10. The van der Waals surface area contributed by atoms with Gasteiger partial charge in [0.2, 0.25) is 0 Å². The van der Waals surface area contributed by atoms with Crippen molar-refractivity contribution >= 4 is 38.7 Å². The minimum Gasteiger partial charge on any atom is -0.453 e. The number of nitrogen functional groups attached to an aromatic ring is 1. The molecule has 0 spiro atoms. The Morgan fingerprint density at radius 3 is 2.68 bits per heavy atom. The molecule has 3 N–H and O–H groups in total. The van der Waals surface area contributed by atoms with Gasteiger partial charge in [0.05, 0.1) is 18.1 Å². The van der Waals surface area contributed by atoms with Crippen LogP contribution in [0.5, 0.6) is 0 Å². The third kappa shape index (κ3) is 2.62. The van der Waals surface area contributed by atoms with E-state index in [4.69, 9.17) is 5.84 Å². The van der Waals surface area contributed by atoms with Gasteiger partial charge in [-0.1, -0.05) is 28.1 Å². The highest BCUT2D eigenvalue weighted by Crippen LogP contribution is 2.25. The summed E-state index contributed by atoms with van der Waals surface area (Å²) in [6.07, 6.45) is -0.528. The van der Waals surface area contributed by atoms with Gasteiger partial charge in [0, 0.05) is 15.7 Å². The van der Waals surface area contributed by atoms with Crippen molar-refractivity contribution in [2.75, 3.05) is 18.3 Å². The molecule has 0 aliphatic carbocycles. The molecule has 0 bridgehead atoms. The lowest BCUT2D eigenvalue weighted by Gasteiger charge is -2.04. The smallest absolute Gasteiger partial charge is 0.411 e. The average Bonchev–Trinajstić information content (AvgIpc) is 2.84. The number of amides is 1. The second-order valence-electron chi connectivity index (χ2n) is 4.63. The minimum atomic E-state index is -0.528. The van der Waals surface area contributed by atoms with Crippen LogP contribution in [-0.4, -0.2) is 22.9 Å². The summed E-state index contributed by atoms with van der Waals surface area (Å²) < 4.78 is 7.09. The third-order valence-corrected chi connectivity index (χ3v) is 3.75. The summed E-state index contributed by atoms with van der Waals surface area (Å²) in [5, 5.41) is 2.60. The van der Waals surface area contributed by atoms with E-state index < -0.39 is 6.09 Å². The fourth-order valence-corrected chi connectivity index (χ4v) is 2.41. The number of hydrogen-bond acceptors (Lipinski definition) is 4. The number of ether oxygens (including phenoxy) is 1. The fourth-order valence-electron chi connectivity index (χ4n) is 2.15. The summed E-state index contributed by atoms with van der Waals surface area (Å²) in [6.45, 7) is 0. The molecule has 22 heavy (non-hydrogen) atoms. The van der Waals surface area contributed by atoms with Gasteiger partial charge in [0.25, 0.3) is 0 Å². The second kappa shape index (κ2) is 5.69. The summed E-state index contributed by atoms with van der Waals surface area (Å²) in [5.41, 5.74) is 2.96. The first-order chi connectivity index (χ1) is 10.6. The quantitative estimate of drug-likeness (QED) is 0.686. The number of carbonyl (C=O) groups is 1. The molecular weight excluding hydrogens is 348 g/mol. The first kappa shape index (κ1) is 14.4. The molecule has 0 aliphatic rings. The Labute approximate surface area is 135 Å². The van der Waals surface area contributed by atoms with Crippen molar-refractivity contribution in [3.8, 4) is 11.4 Å². The van der Waals surface area contributed by atoms with Gasteiger partial charge in [0.15, 0.2) is 5.82 Å². The van der Waals surface area contributed by atoms with Crippen molar-refractivity contribution in [3.05, 3.63) is 46.9 Å². The number of nitrogens with two attached hydrogens (primary N) is 1. The maximum Gasteiger partial charge on any atom is 0.411 e. The number of nitrogens with one attached hydrogen (secondary N) is 1. The van der Waals surface area contributed by atoms with Crippen LogP contribution in [0.3, 0.4) is 0 Å². The largest absolute Gasteiger partial charge is 0.453 e. The summed E-state index contributed by atoms with van der Waals surface area (Å²) >= 11 is 3.40. The molecule has 7 heteroatoms. The van der Waals surface area contributed by atoms with Gasteiger partial charge in [-0.05, 0) is 30.3 Å². The van der Waals surface area contributed by atoms with Gasteiger partial charge < -0.3 is 10.6 Å². The van der Waals surface area contributed by atoms with E-state index in [1.165, 1.54) is 11.8 Å². The van der Waals surface area contributed by atoms with Crippen LogP contribution in [0.1, 0.15) is 0 Å². The first-order valence-electron chi connectivity index (χ1n) is 6.47. The Kier molecular flexibility index (Phi) is 3.72. The molecule has 6 nitrogen and oxygen atoms in total. The average molecular weight is 361 g/mol. The zero-order chi connectivity index (χ0) is 15.7. The van der Waals surface area contributed by atoms with Crippen LogP contribution in [0.25, 0.3) is 22.4 Å². The number of anilines is 1. The molecular formula is C15H13BrN4O2. The van der Waals surface area contributed by atoms with E-state index in [2.05, 4.69) is 31.0 Å². The fraction of sp³-hybridized carbons (Fsp3) is 0.0667. The standard InChI is InChI=1S/C15H13BrN4O2/c1-22-15(21)18-11-6-7-13-12(8-11)19-14(20(13)17)9-2-4-10(16)5-3-9/h2-8H,17H2,1H3,(H,18,21). The van der Waals surface area contributed by atoms with Crippen molar-refractivity contribution < 1.29 is 9.53 Å². The highest BCUT2D eigenvalue weighted by atomic mass is 79.9. The Morgan fingerprint density at radius 2 is 2.00 bits per heavy atom. The number of nitrogens with zero attached hydrogens (tertiary/aromatic N) is 2. The number of hydrogen-bond donors (Lipinski definition) is 2. The summed E-state index contributed by atoms with van der Waals surface area (Å²) in [4.78, 5) is 15.8. The maximum atomic E-state index is 11.3. The van der Waals surface area contributed by atoms with Crippen molar-refractivity contribution in [2.45, 2.75) is 0 Å². The molecule has 3 aromatic rings. The van der Waals surface area contributed by atoms with E-state index in [9.17, 15) is 4.79 Å². The zero-order valence-corrected chi connectivity index (χ0v) is 13.3. The van der Waals surface area contributed by atoms with E-state index in [1.54, 1.807) is 18.2 Å². The lowest BCUT2D eigenvalue weighted by molar-refractivity contribution is 0.187. The van der Waals surface area contributed by atoms with Gasteiger partial charge in [-0.2, -0.15) is 0 Å². The van der Waals surface area contributed by atoms with Crippen LogP contribution >= 0.6 is 15.9 Å². The predicted octanol–water partition coefficient (Wildman–Crippen LogP) is 3.36. The van der Waals surface area contributed by atoms with Crippen LogP contribution in [0.2, 0.25) is 0 Å². The van der Waals surface area contributed by atoms with Crippen molar-refractivity contribution in [3.63, 3.8) is 0 Å². The van der Waals surface area contributed by atoms with Crippen LogP contribution < -0.4 is 11.2 Å². The van der Waals surface area contributed by atoms with Crippen molar-refractivity contribution in [1.29, 1.82) is 0 Å². The third-order valence-electron chi connectivity index (χ3n) is 3.22. The summed E-state index contributed by atoms with van der Waals surface area (Å²) in [6, 6.07) is 13.0. The maximum absolute atomic E-state index is 11.3. The lowest BCUT2D eigenvalue weighted by atomic mass is 10.2. The zero-order valence-electron chi connectivity index (χ0n) is 11.7. The normalized spacial score (nSPS) is 10.6. The number of rotatable bonds is 2. The van der Waals surface area contributed by atoms with E-state index in [0.29, 0.717) is 17.0 Å². The second-order valence-corrected chi connectivity index (χ2v) is 5.55. The monoisotopic (exact) mass is 360 g/mol.